The van der Waals surface area contributed by atoms with Crippen LogP contribution < -0.4 is 4.90 Å². The maximum Gasteiger partial charge on any atom is 0.137 e. The second-order valence-corrected chi connectivity index (χ2v) is 11.4. The van der Waals surface area contributed by atoms with E-state index < -0.39 is 0 Å². The summed E-state index contributed by atoms with van der Waals surface area (Å²) in [5, 5.41) is 9.63. The molecule has 0 saturated heterocycles. The second kappa shape index (κ2) is 9.86. The number of hydrogen-bond donors (Lipinski definition) is 0. The van der Waals surface area contributed by atoms with Gasteiger partial charge in [-0.25, -0.2) is 0 Å². The zero-order valence-electron chi connectivity index (χ0n) is 23.9. The predicted molar refractivity (Wildman–Crippen MR) is 186 cm³/mol. The average Bonchev–Trinajstić information content (AvgIpc) is 3.48. The number of rotatable bonds is 4. The van der Waals surface area contributed by atoms with E-state index in [9.17, 15) is 0 Å². The molecule has 2 heteroatoms. The first-order chi connectivity index (χ1) is 21.8. The topological polar surface area (TPSA) is 16.4 Å². The van der Waals surface area contributed by atoms with Crippen molar-refractivity contribution in [3.8, 4) is 11.1 Å². The van der Waals surface area contributed by atoms with E-state index in [0.29, 0.717) is 0 Å². The molecule has 9 rings (SSSR count). The van der Waals surface area contributed by atoms with Gasteiger partial charge < -0.3 is 9.32 Å². The van der Waals surface area contributed by atoms with E-state index in [1.807, 2.05) is 12.1 Å². The molecule has 0 N–H and O–H groups in total. The highest BCUT2D eigenvalue weighted by molar-refractivity contribution is 6.18. The van der Waals surface area contributed by atoms with E-state index >= 15 is 0 Å². The second-order valence-electron chi connectivity index (χ2n) is 11.4. The Morgan fingerprint density at radius 1 is 0.364 bits per heavy atom. The van der Waals surface area contributed by atoms with Gasteiger partial charge in [-0.05, 0) is 80.5 Å². The lowest BCUT2D eigenvalue weighted by molar-refractivity contribution is 0.669. The number of fused-ring (bicyclic) bond motifs is 7. The van der Waals surface area contributed by atoms with Crippen LogP contribution in [0.15, 0.2) is 168 Å². The molecule has 0 amide bonds. The summed E-state index contributed by atoms with van der Waals surface area (Å²) in [6.45, 7) is 0. The highest BCUT2D eigenvalue weighted by Crippen LogP contribution is 2.46. The van der Waals surface area contributed by atoms with Crippen LogP contribution in [0.3, 0.4) is 0 Å². The van der Waals surface area contributed by atoms with Crippen molar-refractivity contribution in [3.63, 3.8) is 0 Å². The van der Waals surface area contributed by atoms with E-state index in [1.165, 1.54) is 43.4 Å². The molecule has 0 spiro atoms. The highest BCUT2D eigenvalue weighted by atomic mass is 16.3. The van der Waals surface area contributed by atoms with Crippen LogP contribution in [-0.4, -0.2) is 0 Å². The van der Waals surface area contributed by atoms with Crippen molar-refractivity contribution in [1.29, 1.82) is 0 Å². The number of benzene rings is 8. The molecule has 0 aliphatic heterocycles. The van der Waals surface area contributed by atoms with E-state index in [0.717, 1.165) is 39.0 Å². The Kier molecular flexibility index (Phi) is 5.54. The molecule has 9 aromatic rings. The summed E-state index contributed by atoms with van der Waals surface area (Å²) in [6, 6.07) is 58.6. The molecule has 0 unspecified atom stereocenters. The molecule has 0 radical (unpaired) electrons. The van der Waals surface area contributed by atoms with E-state index in [-0.39, 0.29) is 0 Å². The molecule has 0 aliphatic rings. The van der Waals surface area contributed by atoms with Crippen molar-refractivity contribution in [2.24, 2.45) is 0 Å². The first-order valence-corrected chi connectivity index (χ1v) is 15.0. The summed E-state index contributed by atoms with van der Waals surface area (Å²) in [7, 11) is 0. The summed E-state index contributed by atoms with van der Waals surface area (Å²) in [5.41, 5.74) is 7.49. The molecule has 0 fully saturated rings. The summed E-state index contributed by atoms with van der Waals surface area (Å²) in [6.07, 6.45) is 0. The molecule has 0 saturated carbocycles. The zero-order valence-corrected chi connectivity index (χ0v) is 23.9. The molecule has 1 heterocycles. The molecule has 0 aliphatic carbocycles. The van der Waals surface area contributed by atoms with Crippen LogP contribution in [0.25, 0.3) is 65.4 Å². The Balaban J connectivity index is 1.31. The van der Waals surface area contributed by atoms with Crippen LogP contribution in [0.4, 0.5) is 17.1 Å². The van der Waals surface area contributed by atoms with Gasteiger partial charge in [0.25, 0.3) is 0 Å². The third-order valence-corrected chi connectivity index (χ3v) is 8.82. The minimum atomic E-state index is 0.881. The Hall–Kier alpha value is -5.86. The third-order valence-electron chi connectivity index (χ3n) is 8.82. The summed E-state index contributed by atoms with van der Waals surface area (Å²) < 4.78 is 6.36. The Morgan fingerprint density at radius 2 is 1.00 bits per heavy atom. The molecule has 1 aromatic heterocycles. The number of para-hydroxylation sites is 1. The van der Waals surface area contributed by atoms with Crippen LogP contribution in [0.1, 0.15) is 0 Å². The molecular formula is C42H27NO. The Morgan fingerprint density at radius 3 is 1.84 bits per heavy atom. The lowest BCUT2D eigenvalue weighted by Gasteiger charge is -2.28. The lowest BCUT2D eigenvalue weighted by atomic mass is 9.98. The summed E-state index contributed by atoms with van der Waals surface area (Å²) in [4.78, 5) is 2.41. The molecular weight excluding hydrogens is 534 g/mol. The van der Waals surface area contributed by atoms with Gasteiger partial charge in [0, 0.05) is 16.5 Å². The molecule has 44 heavy (non-hydrogen) atoms. The van der Waals surface area contributed by atoms with Gasteiger partial charge in [-0.15, -0.1) is 0 Å². The zero-order chi connectivity index (χ0) is 29.0. The van der Waals surface area contributed by atoms with Crippen LogP contribution in [0.5, 0.6) is 0 Å². The van der Waals surface area contributed by atoms with E-state index in [1.54, 1.807) is 0 Å². The van der Waals surface area contributed by atoms with Crippen molar-refractivity contribution < 1.29 is 4.42 Å². The first kappa shape index (κ1) is 24.7. The van der Waals surface area contributed by atoms with Gasteiger partial charge in [0.2, 0.25) is 0 Å². The first-order valence-electron chi connectivity index (χ1n) is 15.0. The van der Waals surface area contributed by atoms with Crippen molar-refractivity contribution in [2.75, 3.05) is 4.90 Å². The van der Waals surface area contributed by atoms with Crippen LogP contribution in [-0.2, 0) is 0 Å². The fraction of sp³-hybridized carbons (Fsp3) is 0. The maximum atomic E-state index is 6.36. The third kappa shape index (κ3) is 3.89. The Bertz CT molecular complexity index is 2500. The van der Waals surface area contributed by atoms with Gasteiger partial charge >= 0.3 is 0 Å². The number of hydrogen-bond acceptors (Lipinski definition) is 2. The van der Waals surface area contributed by atoms with Gasteiger partial charge in [-0.2, -0.15) is 0 Å². The Labute approximate surface area is 255 Å². The fourth-order valence-corrected chi connectivity index (χ4v) is 6.74. The maximum absolute atomic E-state index is 6.36. The standard InChI is InChI=1S/C42H27NO/c1-2-11-30-26-31(21-20-28(30)10-1)29-22-24-33(25-23-29)43(38-17-9-19-41-42(38)37-16-7-8-18-40(37)44-41)39-27-32-12-3-4-13-34(32)35-14-5-6-15-36(35)39/h1-27H. The SMILES string of the molecule is c1ccc2cc(-c3ccc(N(c4cc5ccccc5c5ccccc45)c4cccc5oc6ccccc6c45)cc3)ccc2c1. The van der Waals surface area contributed by atoms with Crippen molar-refractivity contribution in [1.82, 2.24) is 0 Å². The molecule has 0 atom stereocenters. The van der Waals surface area contributed by atoms with Crippen LogP contribution >= 0.6 is 0 Å². The van der Waals surface area contributed by atoms with Gasteiger partial charge in [-0.1, -0.05) is 121 Å². The van der Waals surface area contributed by atoms with Crippen LogP contribution in [0.2, 0.25) is 0 Å². The van der Waals surface area contributed by atoms with Gasteiger partial charge in [0.05, 0.1) is 16.8 Å². The predicted octanol–water partition coefficient (Wildman–Crippen LogP) is 12.2. The van der Waals surface area contributed by atoms with Crippen molar-refractivity contribution in [2.45, 2.75) is 0 Å². The molecule has 206 valence electrons. The van der Waals surface area contributed by atoms with Crippen molar-refractivity contribution in [3.05, 3.63) is 164 Å². The molecule has 2 nitrogen and oxygen atoms in total. The molecule has 8 aromatic carbocycles. The lowest BCUT2D eigenvalue weighted by Crippen LogP contribution is -2.11. The molecule has 0 bridgehead atoms. The largest absolute Gasteiger partial charge is 0.456 e. The quantitative estimate of drug-likeness (QED) is 0.199. The van der Waals surface area contributed by atoms with Gasteiger partial charge in [-0.3, -0.25) is 0 Å². The average molecular weight is 562 g/mol. The highest BCUT2D eigenvalue weighted by Gasteiger charge is 2.21. The number of anilines is 3. The monoisotopic (exact) mass is 561 g/mol. The number of furan rings is 1. The normalized spacial score (nSPS) is 11.6. The fourth-order valence-electron chi connectivity index (χ4n) is 6.74. The minimum absolute atomic E-state index is 0.881. The van der Waals surface area contributed by atoms with E-state index in [2.05, 4.69) is 157 Å². The van der Waals surface area contributed by atoms with Gasteiger partial charge in [0.15, 0.2) is 0 Å². The van der Waals surface area contributed by atoms with Crippen LogP contribution in [0, 0.1) is 0 Å². The summed E-state index contributed by atoms with van der Waals surface area (Å²) >= 11 is 0. The smallest absolute Gasteiger partial charge is 0.137 e. The number of nitrogens with zero attached hydrogens (tertiary/aromatic N) is 1. The van der Waals surface area contributed by atoms with Gasteiger partial charge in [0.1, 0.15) is 11.2 Å². The minimum Gasteiger partial charge on any atom is -0.456 e. The van der Waals surface area contributed by atoms with Crippen molar-refractivity contribution >= 4 is 71.3 Å². The summed E-state index contributed by atoms with van der Waals surface area (Å²) in [5.74, 6) is 0. The van der Waals surface area contributed by atoms with E-state index in [4.69, 9.17) is 4.42 Å².